The van der Waals surface area contributed by atoms with Crippen LogP contribution in [-0.4, -0.2) is 124 Å². The molecule has 0 spiro atoms. The summed E-state index contributed by atoms with van der Waals surface area (Å²) in [4.78, 5) is 9.43. The van der Waals surface area contributed by atoms with Gasteiger partial charge in [-0.3, -0.25) is 0 Å². The molecule has 0 amide bonds. The van der Waals surface area contributed by atoms with Gasteiger partial charge in [0.2, 0.25) is 0 Å². The monoisotopic (exact) mass is 1530 g/mol. The van der Waals surface area contributed by atoms with Crippen LogP contribution >= 0.6 is 0 Å². The molecular formula is C52H84Cl4Cu4N8O20. The van der Waals surface area contributed by atoms with E-state index in [4.69, 9.17) is 74.5 Å². The second kappa shape index (κ2) is 62.8. The van der Waals surface area contributed by atoms with E-state index in [1.54, 1.807) is 48.5 Å². The molecule has 0 heterocycles. The Morgan fingerprint density at radius 2 is 0.386 bits per heavy atom. The van der Waals surface area contributed by atoms with Crippen molar-refractivity contribution < 1.29 is 204 Å². The molecule has 4 rings (SSSR count). The quantitative estimate of drug-likeness (QED) is 0.0303. The largest absolute Gasteiger partial charge is 2.00 e. The van der Waals surface area contributed by atoms with E-state index in [-0.39, 0.29) is 91.3 Å². The minimum absolute atomic E-state index is 0. The van der Waals surface area contributed by atoms with Crippen LogP contribution in [-0.2, 0) is 94.5 Å². The zero-order valence-electron chi connectivity index (χ0n) is 50.1. The summed E-state index contributed by atoms with van der Waals surface area (Å²) in [6, 6.07) is 28.7. The second-order valence-corrected chi connectivity index (χ2v) is 19.8. The molecule has 0 saturated heterocycles. The van der Waals surface area contributed by atoms with Gasteiger partial charge >= 0.3 is 68.3 Å². The Morgan fingerprint density at radius 1 is 0.261 bits per heavy atom. The van der Waals surface area contributed by atoms with E-state index in [9.17, 15) is 20.4 Å². The summed E-state index contributed by atoms with van der Waals surface area (Å²) in [6.45, 7) is 36.5. The van der Waals surface area contributed by atoms with Crippen LogP contribution in [0.2, 0.25) is 0 Å². The molecule has 524 valence electrons. The summed E-state index contributed by atoms with van der Waals surface area (Å²) in [7, 11) is -19.8. The second-order valence-electron chi connectivity index (χ2n) is 16.8. The van der Waals surface area contributed by atoms with Gasteiger partial charge in [0.1, 0.15) is 0 Å². The summed E-state index contributed by atoms with van der Waals surface area (Å²) in [5.41, 5.74) is 3.40. The number of nitrogens with one attached hydrogen (secondary N) is 4. The summed E-state index contributed by atoms with van der Waals surface area (Å²) >= 11 is 0. The van der Waals surface area contributed by atoms with Crippen LogP contribution < -0.4 is 116 Å². The van der Waals surface area contributed by atoms with Crippen LogP contribution in [0.5, 0.6) is 23.0 Å². The van der Waals surface area contributed by atoms with Gasteiger partial charge in [0, 0.05) is 78.5 Å². The maximum absolute atomic E-state index is 11.4. The topological polar surface area (TPSA) is 522 Å². The first kappa shape index (κ1) is 102. The van der Waals surface area contributed by atoms with Crippen molar-refractivity contribution in [3.8, 4) is 23.0 Å². The van der Waals surface area contributed by atoms with Crippen molar-refractivity contribution in [2.75, 3.05) is 105 Å². The standard InChI is InChI=1S/4C13H22N2O.4ClHO4.4Cu/c4*1-3-15(4-2)10-9-14-11-12-7-5-6-8-13(12)16;4*2-1(3,4)5;;;;/h4*5-8,14,16H,3-4,9-11H2,1-2H3;4*(H,2,3,4,5);;;;/q;;;;;;;;4*+2/p-8. The van der Waals surface area contributed by atoms with Gasteiger partial charge in [-0.15, -0.1) is 64.0 Å². The van der Waals surface area contributed by atoms with Gasteiger partial charge < -0.3 is 61.3 Å². The molecule has 88 heavy (non-hydrogen) atoms. The maximum Gasteiger partial charge on any atom is 2.00 e. The van der Waals surface area contributed by atoms with Crippen molar-refractivity contribution in [3.05, 3.63) is 119 Å². The molecule has 0 saturated carbocycles. The number of benzene rings is 4. The van der Waals surface area contributed by atoms with E-state index in [1.807, 2.05) is 48.5 Å². The van der Waals surface area contributed by atoms with Gasteiger partial charge in [-0.2, -0.15) is 0 Å². The van der Waals surface area contributed by atoms with E-state index in [1.165, 1.54) is 0 Å². The third-order valence-corrected chi connectivity index (χ3v) is 11.1. The average molecular weight is 1540 g/mol. The van der Waals surface area contributed by atoms with Crippen molar-refractivity contribution >= 4 is 0 Å². The molecule has 4 N–H and O–H groups in total. The van der Waals surface area contributed by atoms with Gasteiger partial charge in [-0.05, 0) is 74.6 Å². The van der Waals surface area contributed by atoms with Crippen molar-refractivity contribution in [1.82, 2.24) is 40.9 Å². The molecule has 0 atom stereocenters. The van der Waals surface area contributed by atoms with Gasteiger partial charge in [-0.25, -0.2) is 74.5 Å². The smallest absolute Gasteiger partial charge is 0.872 e. The van der Waals surface area contributed by atoms with E-state index in [2.05, 4.69) is 96.3 Å². The minimum atomic E-state index is -4.94. The van der Waals surface area contributed by atoms with E-state index >= 15 is 0 Å². The van der Waals surface area contributed by atoms with Crippen LogP contribution in [0.1, 0.15) is 77.6 Å². The van der Waals surface area contributed by atoms with Crippen molar-refractivity contribution in [3.63, 3.8) is 0 Å². The zero-order valence-corrected chi connectivity index (χ0v) is 56.8. The molecule has 4 radical (unpaired) electrons. The van der Waals surface area contributed by atoms with Crippen LogP contribution in [0.3, 0.4) is 0 Å². The first-order chi connectivity index (χ1) is 39.1. The fourth-order valence-corrected chi connectivity index (χ4v) is 6.60. The summed E-state index contributed by atoms with van der Waals surface area (Å²) in [6.07, 6.45) is 0. The molecule has 0 fully saturated rings. The summed E-state index contributed by atoms with van der Waals surface area (Å²) < 4.78 is 136. The van der Waals surface area contributed by atoms with Crippen molar-refractivity contribution in [1.29, 1.82) is 0 Å². The number of hydrogen-bond donors (Lipinski definition) is 4. The number of para-hydroxylation sites is 4. The number of hydrogen-bond acceptors (Lipinski definition) is 28. The number of nitrogens with zero attached hydrogens (tertiary/aromatic N) is 4. The molecule has 0 aliphatic carbocycles. The molecule has 0 aliphatic rings. The van der Waals surface area contributed by atoms with Gasteiger partial charge in [-0.1, -0.05) is 152 Å². The van der Waals surface area contributed by atoms with Gasteiger partial charge in [0.05, 0.1) is 0 Å². The Hall–Kier alpha value is -1.64. The van der Waals surface area contributed by atoms with Crippen LogP contribution in [0.25, 0.3) is 0 Å². The molecule has 4 aromatic carbocycles. The molecule has 0 bridgehead atoms. The van der Waals surface area contributed by atoms with Gasteiger partial charge in [0.25, 0.3) is 0 Å². The SMILES string of the molecule is CCN(CC)CCNCc1ccccc1[O-].CCN(CC)CCNCc1ccccc1[O-].CCN(CC)CCNCc1ccccc1[O-].CCN(CC)CCNCc1ccccc1[O-].[Cu+2].[Cu+2].[Cu+2].[Cu+2].[O-][Cl+3]([O-])([O-])[O-].[O-][Cl+3]([O-])([O-])[O-].[O-][Cl+3]([O-])([O-])[O-].[O-][Cl+3]([O-])([O-])[O-]. The Kier molecular flexibility index (Phi) is 73.1. The first-order valence-corrected chi connectivity index (χ1v) is 31.2. The molecule has 28 nitrogen and oxygen atoms in total. The molecule has 0 aliphatic heterocycles. The third-order valence-electron chi connectivity index (χ3n) is 11.1. The molecule has 36 heteroatoms. The normalized spacial score (nSPS) is 10.7. The minimum Gasteiger partial charge on any atom is -0.872 e. The van der Waals surface area contributed by atoms with Crippen LogP contribution in [0, 0.1) is 41.0 Å². The fourth-order valence-electron chi connectivity index (χ4n) is 6.60. The average Bonchev–Trinajstić information content (AvgIpc) is 3.39. The predicted molar refractivity (Wildman–Crippen MR) is 262 cm³/mol. The third kappa shape index (κ3) is 78.6. The number of halogens is 4. The van der Waals surface area contributed by atoms with Crippen molar-refractivity contribution in [2.45, 2.75) is 81.6 Å². The summed E-state index contributed by atoms with van der Waals surface area (Å²) in [5, 5.41) is 58.8. The summed E-state index contributed by atoms with van der Waals surface area (Å²) in [5.74, 6) is 0.492. The van der Waals surface area contributed by atoms with E-state index in [0.29, 0.717) is 26.2 Å². The number of rotatable bonds is 28. The Labute approximate surface area is 569 Å². The maximum atomic E-state index is 11.4. The number of likely N-dealkylation sites (N-methyl/N-ethyl adjacent to an activating group) is 4. The van der Waals surface area contributed by atoms with Crippen LogP contribution in [0.4, 0.5) is 0 Å². The Morgan fingerprint density at radius 3 is 0.500 bits per heavy atom. The van der Waals surface area contributed by atoms with E-state index < -0.39 is 41.0 Å². The first-order valence-electron chi connectivity index (χ1n) is 26.3. The molecular weight excluding hydrogens is 1450 g/mol. The predicted octanol–water partition coefficient (Wildman–Crippen LogP) is -14.3. The molecule has 4 aromatic rings. The zero-order chi connectivity index (χ0) is 65.2. The Balaban J connectivity index is -0.000000144. The van der Waals surface area contributed by atoms with E-state index in [0.717, 1.165) is 127 Å². The van der Waals surface area contributed by atoms with Gasteiger partial charge in [0.15, 0.2) is 0 Å². The molecule has 0 aromatic heterocycles. The Bertz CT molecular complexity index is 1830. The van der Waals surface area contributed by atoms with Crippen molar-refractivity contribution in [2.24, 2.45) is 0 Å². The fraction of sp³-hybridized carbons (Fsp3) is 0.538. The van der Waals surface area contributed by atoms with Crippen LogP contribution in [0.15, 0.2) is 97.1 Å². The molecule has 0 unspecified atom stereocenters.